The van der Waals surface area contributed by atoms with Crippen molar-refractivity contribution < 1.29 is 4.42 Å². The maximum Gasteiger partial charge on any atom is 0.125 e. The summed E-state index contributed by atoms with van der Waals surface area (Å²) in [6, 6.07) is 4.01. The first-order valence-corrected chi connectivity index (χ1v) is 4.97. The highest BCUT2D eigenvalue weighted by Gasteiger charge is 2.10. The second-order valence-electron chi connectivity index (χ2n) is 3.68. The molecule has 2 aromatic rings. The minimum absolute atomic E-state index is 0.155. The molecule has 0 saturated heterocycles. The van der Waals surface area contributed by atoms with Gasteiger partial charge in [0.25, 0.3) is 0 Å². The predicted molar refractivity (Wildman–Crippen MR) is 58.7 cm³/mol. The molecule has 0 aliphatic heterocycles. The normalized spacial score (nSPS) is 12.7. The maximum absolute atomic E-state index is 5.32. The fourth-order valence-corrected chi connectivity index (χ4v) is 1.58. The third kappa shape index (κ3) is 2.03. The highest BCUT2D eigenvalue weighted by Crippen LogP contribution is 2.21. The summed E-state index contributed by atoms with van der Waals surface area (Å²) >= 11 is 0. The van der Waals surface area contributed by atoms with E-state index in [0.29, 0.717) is 0 Å². The number of nitrogens with zero attached hydrogens (tertiary/aromatic N) is 2. The van der Waals surface area contributed by atoms with Gasteiger partial charge in [-0.15, -0.1) is 0 Å². The molecule has 0 aliphatic carbocycles. The van der Waals surface area contributed by atoms with E-state index in [2.05, 4.69) is 17.3 Å². The van der Waals surface area contributed by atoms with E-state index >= 15 is 0 Å². The van der Waals surface area contributed by atoms with Crippen molar-refractivity contribution in [3.05, 3.63) is 36.0 Å². The van der Waals surface area contributed by atoms with Crippen LogP contribution in [0, 0.1) is 6.92 Å². The smallest absolute Gasteiger partial charge is 0.125 e. The number of rotatable bonds is 3. The molecule has 0 saturated carbocycles. The number of nitrogens with one attached hydrogen (secondary N) is 1. The Bertz CT molecular complexity index is 431. The average Bonchev–Trinajstić information content (AvgIpc) is 2.76. The Kier molecular flexibility index (Phi) is 2.49. The molecule has 1 N–H and O–H groups in total. The number of aromatic nitrogens is 2. The Morgan fingerprint density at radius 1 is 1.53 bits per heavy atom. The average molecular weight is 205 g/mol. The molecule has 80 valence electrons. The summed E-state index contributed by atoms with van der Waals surface area (Å²) in [5.74, 6) is 0.929. The van der Waals surface area contributed by atoms with Gasteiger partial charge in [0.1, 0.15) is 5.76 Å². The Balaban J connectivity index is 2.12. The Hall–Kier alpha value is -1.71. The van der Waals surface area contributed by atoms with Crippen LogP contribution in [0.5, 0.6) is 0 Å². The van der Waals surface area contributed by atoms with E-state index in [4.69, 9.17) is 4.42 Å². The van der Waals surface area contributed by atoms with Crippen LogP contribution in [0.4, 0.5) is 5.69 Å². The number of aryl methyl sites for hydroxylation is 2. The van der Waals surface area contributed by atoms with Crippen molar-refractivity contribution >= 4 is 5.69 Å². The zero-order valence-corrected chi connectivity index (χ0v) is 9.19. The van der Waals surface area contributed by atoms with Crippen LogP contribution in [0.15, 0.2) is 29.0 Å². The topological polar surface area (TPSA) is 43.0 Å². The van der Waals surface area contributed by atoms with Crippen molar-refractivity contribution in [1.29, 1.82) is 0 Å². The van der Waals surface area contributed by atoms with E-state index in [1.807, 2.05) is 32.3 Å². The van der Waals surface area contributed by atoms with Crippen molar-refractivity contribution in [1.82, 2.24) is 9.78 Å². The summed E-state index contributed by atoms with van der Waals surface area (Å²) in [5, 5.41) is 7.63. The van der Waals surface area contributed by atoms with E-state index in [1.54, 1.807) is 10.9 Å². The zero-order chi connectivity index (χ0) is 10.8. The number of hydrogen-bond donors (Lipinski definition) is 1. The summed E-state index contributed by atoms with van der Waals surface area (Å²) < 4.78 is 7.12. The first-order chi connectivity index (χ1) is 7.16. The number of hydrogen-bond acceptors (Lipinski definition) is 3. The molecule has 2 aromatic heterocycles. The van der Waals surface area contributed by atoms with Gasteiger partial charge in [0.05, 0.1) is 23.7 Å². The van der Waals surface area contributed by atoms with E-state index in [-0.39, 0.29) is 6.04 Å². The molecule has 0 spiro atoms. The SMILES string of the molecule is Cc1nn(C)cc1NC(C)c1ccco1. The molecule has 0 aromatic carbocycles. The highest BCUT2D eigenvalue weighted by atomic mass is 16.3. The first-order valence-electron chi connectivity index (χ1n) is 4.97. The number of furan rings is 1. The molecule has 0 fully saturated rings. The molecule has 0 amide bonds. The first kappa shape index (κ1) is 9.83. The van der Waals surface area contributed by atoms with Crippen LogP contribution in [-0.4, -0.2) is 9.78 Å². The van der Waals surface area contributed by atoms with Gasteiger partial charge in [-0.1, -0.05) is 0 Å². The predicted octanol–water partition coefficient (Wildman–Crippen LogP) is 2.49. The van der Waals surface area contributed by atoms with Gasteiger partial charge in [-0.25, -0.2) is 0 Å². The van der Waals surface area contributed by atoms with Crippen LogP contribution < -0.4 is 5.32 Å². The maximum atomic E-state index is 5.32. The second kappa shape index (κ2) is 3.81. The van der Waals surface area contributed by atoms with E-state index < -0.39 is 0 Å². The third-order valence-electron chi connectivity index (χ3n) is 2.36. The summed E-state index contributed by atoms with van der Waals surface area (Å²) in [6.45, 7) is 4.04. The summed E-state index contributed by atoms with van der Waals surface area (Å²) in [7, 11) is 1.91. The molecule has 1 unspecified atom stereocenters. The molecule has 4 heteroatoms. The van der Waals surface area contributed by atoms with Crippen molar-refractivity contribution in [2.75, 3.05) is 5.32 Å². The van der Waals surface area contributed by atoms with Gasteiger partial charge in [0, 0.05) is 13.2 Å². The van der Waals surface area contributed by atoms with E-state index in [1.165, 1.54) is 0 Å². The zero-order valence-electron chi connectivity index (χ0n) is 9.19. The molecule has 0 aliphatic rings. The van der Waals surface area contributed by atoms with Crippen molar-refractivity contribution in [2.45, 2.75) is 19.9 Å². The van der Waals surface area contributed by atoms with Crippen LogP contribution in [0.25, 0.3) is 0 Å². The van der Waals surface area contributed by atoms with Gasteiger partial charge in [0.2, 0.25) is 0 Å². The van der Waals surface area contributed by atoms with Crippen LogP contribution in [0.2, 0.25) is 0 Å². The fraction of sp³-hybridized carbons (Fsp3) is 0.364. The van der Waals surface area contributed by atoms with Gasteiger partial charge in [-0.05, 0) is 26.0 Å². The van der Waals surface area contributed by atoms with Crippen molar-refractivity contribution in [3.63, 3.8) is 0 Å². The second-order valence-corrected chi connectivity index (χ2v) is 3.68. The lowest BCUT2D eigenvalue weighted by Gasteiger charge is -2.11. The van der Waals surface area contributed by atoms with Crippen LogP contribution in [0.3, 0.4) is 0 Å². The largest absolute Gasteiger partial charge is 0.467 e. The number of anilines is 1. The molecule has 1 atom stereocenters. The van der Waals surface area contributed by atoms with Crippen molar-refractivity contribution in [3.8, 4) is 0 Å². The molecule has 2 rings (SSSR count). The quantitative estimate of drug-likeness (QED) is 0.837. The van der Waals surface area contributed by atoms with Crippen LogP contribution >= 0.6 is 0 Å². The van der Waals surface area contributed by atoms with Gasteiger partial charge in [-0.2, -0.15) is 5.10 Å². The van der Waals surface area contributed by atoms with Gasteiger partial charge >= 0.3 is 0 Å². The van der Waals surface area contributed by atoms with E-state index in [9.17, 15) is 0 Å². The molecule has 0 bridgehead atoms. The lowest BCUT2D eigenvalue weighted by atomic mass is 10.2. The van der Waals surface area contributed by atoms with Gasteiger partial charge < -0.3 is 9.73 Å². The Morgan fingerprint density at radius 3 is 2.87 bits per heavy atom. The molecule has 15 heavy (non-hydrogen) atoms. The van der Waals surface area contributed by atoms with Crippen LogP contribution in [0.1, 0.15) is 24.4 Å². The van der Waals surface area contributed by atoms with E-state index in [0.717, 1.165) is 17.1 Å². The molecular formula is C11H15N3O. The summed E-state index contributed by atoms with van der Waals surface area (Å²) in [6.07, 6.45) is 3.65. The third-order valence-corrected chi connectivity index (χ3v) is 2.36. The Morgan fingerprint density at radius 2 is 2.33 bits per heavy atom. The lowest BCUT2D eigenvalue weighted by molar-refractivity contribution is 0.490. The minimum Gasteiger partial charge on any atom is -0.467 e. The van der Waals surface area contributed by atoms with Crippen LogP contribution in [-0.2, 0) is 7.05 Å². The van der Waals surface area contributed by atoms with Crippen molar-refractivity contribution in [2.24, 2.45) is 7.05 Å². The molecule has 2 heterocycles. The molecule has 4 nitrogen and oxygen atoms in total. The lowest BCUT2D eigenvalue weighted by Crippen LogP contribution is -2.05. The van der Waals surface area contributed by atoms with Gasteiger partial charge in [-0.3, -0.25) is 4.68 Å². The molecular weight excluding hydrogens is 190 g/mol. The standard InChI is InChI=1S/C11H15N3O/c1-8-10(7-14(3)13-8)12-9(2)11-5-4-6-15-11/h4-7,9,12H,1-3H3. The Labute approximate surface area is 88.9 Å². The summed E-state index contributed by atoms with van der Waals surface area (Å²) in [4.78, 5) is 0. The fourth-order valence-electron chi connectivity index (χ4n) is 1.58. The molecule has 0 radical (unpaired) electrons. The summed E-state index contributed by atoms with van der Waals surface area (Å²) in [5.41, 5.74) is 2.04. The minimum atomic E-state index is 0.155. The van der Waals surface area contributed by atoms with Gasteiger partial charge in [0.15, 0.2) is 0 Å². The monoisotopic (exact) mass is 205 g/mol. The highest BCUT2D eigenvalue weighted by molar-refractivity contribution is 5.46.